The molecular formula is C14H23NO8. The fourth-order valence-corrected chi connectivity index (χ4v) is 1.20. The first kappa shape index (κ1) is 20.7. The van der Waals surface area contributed by atoms with E-state index in [0.717, 1.165) is 0 Å². The van der Waals surface area contributed by atoms with Crippen LogP contribution in [0, 0.1) is 0 Å². The first-order valence-corrected chi connectivity index (χ1v) is 6.99. The minimum absolute atomic E-state index is 0.0155. The van der Waals surface area contributed by atoms with Crippen molar-refractivity contribution in [2.45, 2.75) is 39.2 Å². The lowest BCUT2D eigenvalue weighted by atomic mass is 10.2. The lowest BCUT2D eigenvalue weighted by Crippen LogP contribution is -2.36. The molecule has 132 valence electrons. The maximum atomic E-state index is 11.3. The molecule has 0 aromatic rings. The molecule has 9 heteroatoms. The Kier molecular flexibility index (Phi) is 9.36. The molecule has 1 amide bonds. The maximum Gasteiger partial charge on any atom is 0.408 e. The Bertz CT molecular complexity index is 427. The van der Waals surface area contributed by atoms with Crippen LogP contribution in [-0.2, 0) is 33.3 Å². The third-order valence-corrected chi connectivity index (χ3v) is 2.14. The molecule has 23 heavy (non-hydrogen) atoms. The molecule has 0 atom stereocenters. The molecule has 0 unspecified atom stereocenters. The molecule has 9 nitrogen and oxygen atoms in total. The molecule has 0 heterocycles. The summed E-state index contributed by atoms with van der Waals surface area (Å²) in [6, 6.07) is 0. The SMILES string of the molecule is COC(=O)CCCOC(=O)COC(=O)CNC(=O)OC(C)(C)C. The summed E-state index contributed by atoms with van der Waals surface area (Å²) in [6.07, 6.45) is -0.324. The quantitative estimate of drug-likeness (QED) is 0.389. The van der Waals surface area contributed by atoms with Gasteiger partial charge < -0.3 is 24.3 Å². The summed E-state index contributed by atoms with van der Waals surface area (Å²) in [5, 5.41) is 2.19. The number of carbonyl (C=O) groups is 4. The molecule has 0 aliphatic rings. The number of alkyl carbamates (subject to hydrolysis) is 1. The normalized spacial score (nSPS) is 10.4. The van der Waals surface area contributed by atoms with Gasteiger partial charge in [0.05, 0.1) is 13.7 Å². The van der Waals surface area contributed by atoms with Gasteiger partial charge in [-0.05, 0) is 27.2 Å². The molecule has 0 aromatic heterocycles. The van der Waals surface area contributed by atoms with Gasteiger partial charge in [0.1, 0.15) is 12.1 Å². The number of rotatable bonds is 8. The lowest BCUT2D eigenvalue weighted by Gasteiger charge is -2.19. The fraction of sp³-hybridized carbons (Fsp3) is 0.714. The summed E-state index contributed by atoms with van der Waals surface area (Å²) in [6.45, 7) is 4.06. The number of esters is 3. The van der Waals surface area contributed by atoms with Gasteiger partial charge in [-0.1, -0.05) is 0 Å². The van der Waals surface area contributed by atoms with Gasteiger partial charge in [-0.2, -0.15) is 0 Å². The largest absolute Gasteiger partial charge is 0.469 e. The molecule has 0 fully saturated rings. The number of nitrogens with one attached hydrogen (secondary N) is 1. The molecule has 0 spiro atoms. The summed E-state index contributed by atoms with van der Waals surface area (Å²) < 4.78 is 18.7. The zero-order valence-electron chi connectivity index (χ0n) is 13.8. The van der Waals surface area contributed by atoms with Gasteiger partial charge in [-0.3, -0.25) is 9.59 Å². The second-order valence-corrected chi connectivity index (χ2v) is 5.42. The minimum Gasteiger partial charge on any atom is -0.469 e. The number of methoxy groups -OCH3 is 1. The van der Waals surface area contributed by atoms with Crippen LogP contribution >= 0.6 is 0 Å². The monoisotopic (exact) mass is 333 g/mol. The highest BCUT2D eigenvalue weighted by atomic mass is 16.6. The summed E-state index contributed by atoms with van der Waals surface area (Å²) >= 11 is 0. The Balaban J connectivity index is 3.74. The Labute approximate surface area is 134 Å². The molecule has 0 aliphatic heterocycles. The van der Waals surface area contributed by atoms with E-state index >= 15 is 0 Å². The van der Waals surface area contributed by atoms with Crippen molar-refractivity contribution in [3.8, 4) is 0 Å². The Morgan fingerprint density at radius 1 is 0.957 bits per heavy atom. The first-order valence-electron chi connectivity index (χ1n) is 6.99. The highest BCUT2D eigenvalue weighted by molar-refractivity contribution is 5.80. The van der Waals surface area contributed by atoms with Crippen molar-refractivity contribution in [3.63, 3.8) is 0 Å². The van der Waals surface area contributed by atoms with E-state index in [4.69, 9.17) is 9.47 Å². The summed E-state index contributed by atoms with van der Waals surface area (Å²) in [5.41, 5.74) is -0.679. The highest BCUT2D eigenvalue weighted by Gasteiger charge is 2.17. The molecule has 0 saturated carbocycles. The van der Waals surface area contributed by atoms with Gasteiger partial charge >= 0.3 is 24.0 Å². The van der Waals surface area contributed by atoms with Crippen LogP contribution in [0.2, 0.25) is 0 Å². The lowest BCUT2D eigenvalue weighted by molar-refractivity contribution is -0.158. The van der Waals surface area contributed by atoms with Crippen molar-refractivity contribution >= 4 is 24.0 Å². The van der Waals surface area contributed by atoms with E-state index < -0.39 is 42.8 Å². The number of hydrogen-bond acceptors (Lipinski definition) is 8. The van der Waals surface area contributed by atoms with E-state index in [-0.39, 0.29) is 13.0 Å². The highest BCUT2D eigenvalue weighted by Crippen LogP contribution is 2.06. The van der Waals surface area contributed by atoms with Crippen LogP contribution in [0.15, 0.2) is 0 Å². The zero-order chi connectivity index (χ0) is 17.9. The number of hydrogen-bond donors (Lipinski definition) is 1. The van der Waals surface area contributed by atoms with E-state index in [0.29, 0.717) is 6.42 Å². The molecule has 0 rings (SSSR count). The van der Waals surface area contributed by atoms with Crippen LogP contribution in [0.4, 0.5) is 4.79 Å². The second kappa shape index (κ2) is 10.4. The molecule has 0 radical (unpaired) electrons. The van der Waals surface area contributed by atoms with Crippen LogP contribution in [-0.4, -0.2) is 56.5 Å². The minimum atomic E-state index is -0.803. The van der Waals surface area contributed by atoms with Crippen molar-refractivity contribution in [2.75, 3.05) is 26.9 Å². The molecule has 1 N–H and O–H groups in total. The average Bonchev–Trinajstić information content (AvgIpc) is 2.45. The van der Waals surface area contributed by atoms with Gasteiger partial charge in [0.25, 0.3) is 0 Å². The fourth-order valence-electron chi connectivity index (χ4n) is 1.20. The van der Waals surface area contributed by atoms with E-state index in [9.17, 15) is 19.2 Å². The summed E-state index contributed by atoms with van der Waals surface area (Å²) in [5.74, 6) is -1.96. The molecule has 0 aromatic carbocycles. The first-order chi connectivity index (χ1) is 10.6. The Hall–Kier alpha value is -2.32. The van der Waals surface area contributed by atoms with Crippen molar-refractivity contribution in [1.82, 2.24) is 5.32 Å². The topological polar surface area (TPSA) is 117 Å². The van der Waals surface area contributed by atoms with Gasteiger partial charge in [-0.25, -0.2) is 9.59 Å². The van der Waals surface area contributed by atoms with Gasteiger partial charge in [0.15, 0.2) is 6.61 Å². The van der Waals surface area contributed by atoms with Crippen LogP contribution in [0.25, 0.3) is 0 Å². The smallest absolute Gasteiger partial charge is 0.408 e. The van der Waals surface area contributed by atoms with E-state index in [1.807, 2.05) is 0 Å². The third kappa shape index (κ3) is 13.1. The van der Waals surface area contributed by atoms with Crippen molar-refractivity contribution < 1.29 is 38.1 Å². The summed E-state index contributed by atoms with van der Waals surface area (Å²) in [4.78, 5) is 44.7. The maximum absolute atomic E-state index is 11.3. The number of ether oxygens (including phenoxy) is 4. The number of amides is 1. The van der Waals surface area contributed by atoms with E-state index in [1.54, 1.807) is 20.8 Å². The molecule has 0 aliphatic carbocycles. The third-order valence-electron chi connectivity index (χ3n) is 2.14. The van der Waals surface area contributed by atoms with Crippen molar-refractivity contribution in [1.29, 1.82) is 0 Å². The second-order valence-electron chi connectivity index (χ2n) is 5.42. The van der Waals surface area contributed by atoms with Crippen LogP contribution < -0.4 is 5.32 Å². The van der Waals surface area contributed by atoms with Crippen LogP contribution in [0.1, 0.15) is 33.6 Å². The van der Waals surface area contributed by atoms with E-state index in [2.05, 4.69) is 14.8 Å². The van der Waals surface area contributed by atoms with Crippen LogP contribution in [0.5, 0.6) is 0 Å². The standard InChI is InChI=1S/C14H23NO8/c1-14(2,3)23-13(19)15-8-11(17)22-9-12(18)21-7-5-6-10(16)20-4/h5-9H2,1-4H3,(H,15,19). The Morgan fingerprint density at radius 2 is 1.61 bits per heavy atom. The molecule has 0 saturated heterocycles. The molecule has 0 bridgehead atoms. The zero-order valence-corrected chi connectivity index (χ0v) is 13.8. The Morgan fingerprint density at radius 3 is 2.17 bits per heavy atom. The van der Waals surface area contributed by atoms with Gasteiger partial charge in [-0.15, -0.1) is 0 Å². The van der Waals surface area contributed by atoms with Gasteiger partial charge in [0.2, 0.25) is 0 Å². The van der Waals surface area contributed by atoms with E-state index in [1.165, 1.54) is 7.11 Å². The molecular weight excluding hydrogens is 310 g/mol. The average molecular weight is 333 g/mol. The van der Waals surface area contributed by atoms with Crippen LogP contribution in [0.3, 0.4) is 0 Å². The summed E-state index contributed by atoms with van der Waals surface area (Å²) in [7, 11) is 1.26. The predicted octanol–water partition coefficient (Wildman–Crippen LogP) is 0.551. The number of carbonyl (C=O) groups excluding carboxylic acids is 4. The van der Waals surface area contributed by atoms with Gasteiger partial charge in [0, 0.05) is 6.42 Å². The van der Waals surface area contributed by atoms with Crippen molar-refractivity contribution in [2.24, 2.45) is 0 Å². The van der Waals surface area contributed by atoms with Crippen molar-refractivity contribution in [3.05, 3.63) is 0 Å². The predicted molar refractivity (Wildman–Crippen MR) is 77.4 cm³/mol.